The Balaban J connectivity index is 0.000000316. The van der Waals surface area contributed by atoms with Crippen LogP contribution in [0, 0.1) is 7.43 Å². The number of aliphatic hydroxyl groups excluding tert-OH is 1. The fraction of sp³-hybridized carbons (Fsp3) is 0.367. The zero-order chi connectivity index (χ0) is 52.3. The molecule has 0 aliphatic carbocycles. The summed E-state index contributed by atoms with van der Waals surface area (Å²) in [4.78, 5) is 50.2. The number of rotatable bonds is 12. The van der Waals surface area contributed by atoms with Crippen molar-refractivity contribution in [2.45, 2.75) is 117 Å². The van der Waals surface area contributed by atoms with Gasteiger partial charge < -0.3 is 69.7 Å². The number of nitrogens with zero attached hydrogens (tertiary/aromatic N) is 4. The van der Waals surface area contributed by atoms with Crippen LogP contribution in [-0.2, 0) is 22.7 Å². The summed E-state index contributed by atoms with van der Waals surface area (Å²) in [6.07, 6.45) is 2.63. The van der Waals surface area contributed by atoms with Crippen LogP contribution in [0.25, 0.3) is 22.5 Å². The Hall–Kier alpha value is -6.20. The fourth-order valence-corrected chi connectivity index (χ4v) is 9.25. The molecule has 400 valence electrons. The van der Waals surface area contributed by atoms with Crippen molar-refractivity contribution < 1.29 is 55.4 Å². The van der Waals surface area contributed by atoms with E-state index in [9.17, 15) is 19.5 Å². The van der Waals surface area contributed by atoms with Crippen LogP contribution in [0.4, 0.5) is 21.2 Å². The minimum Gasteiger partial charge on any atom is -1.00 e. The number of carbonyl (C=O) groups is 3. The molecule has 2 aliphatic heterocycles. The molecule has 4 heterocycles. The average Bonchev–Trinajstić information content (AvgIpc) is 3.37. The van der Waals surface area contributed by atoms with E-state index in [1.165, 1.54) is 0 Å². The van der Waals surface area contributed by atoms with Gasteiger partial charge in [-0.15, -0.1) is 0 Å². The van der Waals surface area contributed by atoms with Crippen molar-refractivity contribution in [1.82, 2.24) is 19.8 Å². The third-order valence-corrected chi connectivity index (χ3v) is 12.6. The largest absolute Gasteiger partial charge is 2.00 e. The van der Waals surface area contributed by atoms with E-state index in [0.717, 1.165) is 65.4 Å². The molecule has 76 heavy (non-hydrogen) atoms. The molecule has 2 amide bonds. The summed E-state index contributed by atoms with van der Waals surface area (Å²) in [5.41, 5.74) is 19.3. The summed E-state index contributed by atoms with van der Waals surface area (Å²) in [5, 5.41) is 10.6. The predicted molar refractivity (Wildman–Crippen MR) is 297 cm³/mol. The molecule has 6 aromatic rings. The van der Waals surface area contributed by atoms with Crippen LogP contribution in [-0.4, -0.2) is 104 Å². The number of carbonyl (C=O) groups excluding carboxylic acids is 3. The van der Waals surface area contributed by atoms with E-state index in [0.29, 0.717) is 73.4 Å². The first kappa shape index (κ1) is 62.3. The van der Waals surface area contributed by atoms with Crippen molar-refractivity contribution in [2.75, 3.05) is 37.6 Å². The number of pyridine rings is 2. The van der Waals surface area contributed by atoms with Gasteiger partial charge in [0.1, 0.15) is 47.6 Å². The van der Waals surface area contributed by atoms with E-state index < -0.39 is 17.3 Å². The SMILES string of the molecule is CC(C)(C)OC(=O)N1CCCC(c2cc(-c3ccccc3OCc3ccccc3)nc(N)c2C=O)C1.CC(O)c1c(C2CCCN(C(=O)OC(C)(C)C)C2)cc(-c2ccccc2OCc2ccccc2)nc1N.[Br-].[CH3-].[Mg+2]. The molecule has 2 fully saturated rings. The van der Waals surface area contributed by atoms with Crippen LogP contribution in [0.2, 0.25) is 0 Å². The number of aliphatic hydroxyl groups is 1. The normalized spacial score (nSPS) is 15.7. The zero-order valence-corrected chi connectivity index (χ0v) is 48.3. The Bertz CT molecular complexity index is 2840. The monoisotopic (exact) mass is 1110 g/mol. The number of likely N-dealkylation sites (tertiary alicyclic amines) is 2. The average molecular weight is 1110 g/mol. The van der Waals surface area contributed by atoms with Crippen molar-refractivity contribution in [3.8, 4) is 34.0 Å². The number of hydrogen-bond acceptors (Lipinski definition) is 12. The molecule has 4 aromatic carbocycles. The Labute approximate surface area is 475 Å². The molecule has 3 unspecified atom stereocenters. The van der Waals surface area contributed by atoms with Gasteiger partial charge in [0.05, 0.1) is 23.1 Å². The summed E-state index contributed by atoms with van der Waals surface area (Å²) in [6.45, 7) is 15.9. The number of aromatic nitrogens is 2. The number of piperidine rings is 2. The predicted octanol–water partition coefficient (Wildman–Crippen LogP) is 8.99. The topological polar surface area (TPSA) is 193 Å². The second-order valence-corrected chi connectivity index (χ2v) is 20.7. The minimum atomic E-state index is -0.793. The number of hydrogen-bond donors (Lipinski definition) is 3. The Morgan fingerprint density at radius 1 is 0.658 bits per heavy atom. The molecular formula is C60H73BrMgN6O8. The Morgan fingerprint density at radius 2 is 1.05 bits per heavy atom. The molecular weight excluding hydrogens is 1040 g/mol. The molecule has 3 atom stereocenters. The molecule has 0 bridgehead atoms. The van der Waals surface area contributed by atoms with Gasteiger partial charge in [-0.1, -0.05) is 84.9 Å². The van der Waals surface area contributed by atoms with Crippen LogP contribution in [0.15, 0.2) is 121 Å². The molecule has 8 rings (SSSR count). The third kappa shape index (κ3) is 16.9. The number of halogens is 1. The van der Waals surface area contributed by atoms with Gasteiger partial charge in [0.15, 0.2) is 6.29 Å². The fourth-order valence-electron chi connectivity index (χ4n) is 9.25. The van der Waals surface area contributed by atoms with Crippen molar-refractivity contribution in [1.29, 1.82) is 0 Å². The third-order valence-electron chi connectivity index (χ3n) is 12.6. The van der Waals surface area contributed by atoms with Crippen molar-refractivity contribution >= 4 is 53.2 Å². The van der Waals surface area contributed by atoms with E-state index in [1.54, 1.807) is 16.7 Å². The van der Waals surface area contributed by atoms with E-state index >= 15 is 0 Å². The molecule has 5 N–H and O–H groups in total. The number of anilines is 2. The number of nitrogens with two attached hydrogens (primary N) is 2. The first-order chi connectivity index (χ1) is 34.9. The number of amides is 2. The molecule has 2 saturated heterocycles. The van der Waals surface area contributed by atoms with Gasteiger partial charge >= 0.3 is 35.2 Å². The Morgan fingerprint density at radius 3 is 1.47 bits per heavy atom. The van der Waals surface area contributed by atoms with Crippen LogP contribution < -0.4 is 37.9 Å². The first-order valence-corrected chi connectivity index (χ1v) is 25.1. The van der Waals surface area contributed by atoms with Gasteiger partial charge in [-0.2, -0.15) is 0 Å². The van der Waals surface area contributed by atoms with Crippen LogP contribution in [0.5, 0.6) is 11.5 Å². The van der Waals surface area contributed by atoms with Gasteiger partial charge in [0, 0.05) is 54.7 Å². The van der Waals surface area contributed by atoms with Crippen LogP contribution in [0.1, 0.15) is 130 Å². The van der Waals surface area contributed by atoms with E-state index in [-0.39, 0.29) is 83.1 Å². The second-order valence-electron chi connectivity index (χ2n) is 20.7. The molecule has 0 radical (unpaired) electrons. The number of benzene rings is 4. The van der Waals surface area contributed by atoms with Crippen molar-refractivity contribution in [3.63, 3.8) is 0 Å². The van der Waals surface area contributed by atoms with Gasteiger partial charge in [-0.3, -0.25) is 4.79 Å². The molecule has 2 aliphatic rings. The second kappa shape index (κ2) is 28.3. The number of ether oxygens (including phenoxy) is 4. The quantitative estimate of drug-likeness (QED) is 0.0600. The molecule has 0 spiro atoms. The number of para-hydroxylation sites is 2. The van der Waals surface area contributed by atoms with Crippen LogP contribution in [0.3, 0.4) is 0 Å². The van der Waals surface area contributed by atoms with Gasteiger partial charge in [-0.05, 0) is 133 Å². The summed E-state index contributed by atoms with van der Waals surface area (Å²) in [7, 11) is 0. The molecule has 14 nitrogen and oxygen atoms in total. The van der Waals surface area contributed by atoms with Gasteiger partial charge in [0.2, 0.25) is 0 Å². The standard InChI is InChI=1S/C30H37N3O4.C29H33N3O4.CH3.BrH.Mg/c1-20(34)27-24(22-13-10-16-33(18-22)29(35)37-30(2,3)4)17-25(32-28(27)31)23-14-8-9-15-26(23)36-19-21-11-6-5-7-12-21;1-29(2,3)36-28(34)32-15-9-12-21(17-32)23-16-25(31-27(30)24(23)18-33)22-13-7-8-14-26(22)35-19-20-10-5-4-6-11-20;;;/h5-9,11-12,14-15,17,20,22,34H,10,13,16,18-19H2,1-4H3,(H2,31,32);4-8,10-11,13-14,16,18,21H,9,12,15,17,19H2,1-3H3,(H2,30,31);1H3;1H;/q;;-1;;+2/p-1. The van der Waals surface area contributed by atoms with Crippen molar-refractivity contribution in [2.24, 2.45) is 0 Å². The summed E-state index contributed by atoms with van der Waals surface area (Å²) >= 11 is 0. The Kier molecular flexibility index (Phi) is 23.2. The maximum absolute atomic E-state index is 12.8. The van der Waals surface area contributed by atoms with Crippen molar-refractivity contribution in [3.05, 3.63) is 162 Å². The van der Waals surface area contributed by atoms with E-state index in [2.05, 4.69) is 9.97 Å². The summed E-state index contributed by atoms with van der Waals surface area (Å²) < 4.78 is 23.5. The number of aldehydes is 1. The van der Waals surface area contributed by atoms with Gasteiger partial charge in [-0.25, -0.2) is 19.6 Å². The number of nitrogen functional groups attached to an aromatic ring is 2. The minimum absolute atomic E-state index is 0. The zero-order valence-electron chi connectivity index (χ0n) is 45.3. The maximum atomic E-state index is 12.8. The molecule has 2 aromatic heterocycles. The maximum Gasteiger partial charge on any atom is 2.00 e. The van der Waals surface area contributed by atoms with Gasteiger partial charge in [0.25, 0.3) is 0 Å². The summed E-state index contributed by atoms with van der Waals surface area (Å²) in [6, 6.07) is 39.2. The first-order valence-electron chi connectivity index (χ1n) is 25.1. The van der Waals surface area contributed by atoms with E-state index in [1.807, 2.05) is 163 Å². The molecule has 16 heteroatoms. The summed E-state index contributed by atoms with van der Waals surface area (Å²) in [5.74, 6) is 1.77. The smallest absolute Gasteiger partial charge is 1.00 e. The van der Waals surface area contributed by atoms with E-state index in [4.69, 9.17) is 30.4 Å². The van der Waals surface area contributed by atoms with Crippen LogP contribution >= 0.6 is 0 Å². The molecule has 0 saturated carbocycles.